The van der Waals surface area contributed by atoms with Gasteiger partial charge in [-0.3, -0.25) is 14.9 Å². The molecular weight excluding hydrogens is 284 g/mol. The minimum Gasteiger partial charge on any atom is -0.481 e. The smallest absolute Gasteiger partial charge is 0.303 e. The van der Waals surface area contributed by atoms with Crippen molar-refractivity contribution in [1.29, 1.82) is 0 Å². The lowest BCUT2D eigenvalue weighted by molar-refractivity contribution is -0.384. The first kappa shape index (κ1) is 16.4. The van der Waals surface area contributed by atoms with E-state index in [1.165, 1.54) is 18.2 Å². The van der Waals surface area contributed by atoms with Crippen molar-refractivity contribution in [2.24, 2.45) is 0 Å². The molecule has 1 aromatic rings. The van der Waals surface area contributed by atoms with Crippen LogP contribution in [0.2, 0.25) is 5.02 Å². The molecule has 6 nitrogen and oxygen atoms in total. The molecule has 0 unspecified atom stereocenters. The number of carboxylic acid groups (broad SMARTS) is 1. The van der Waals surface area contributed by atoms with Crippen LogP contribution in [0.3, 0.4) is 0 Å². The third kappa shape index (κ3) is 5.54. The molecule has 0 amide bonds. The fourth-order valence-electron chi connectivity index (χ4n) is 1.82. The van der Waals surface area contributed by atoms with Crippen molar-refractivity contribution in [3.63, 3.8) is 0 Å². The van der Waals surface area contributed by atoms with Crippen LogP contribution in [0.25, 0.3) is 0 Å². The van der Waals surface area contributed by atoms with Crippen molar-refractivity contribution in [2.75, 3.05) is 13.6 Å². The SMILES string of the molecule is CN(CCCCC(=O)O)Cc1cc([N+](=O)[O-])ccc1Cl. The molecule has 0 saturated carbocycles. The summed E-state index contributed by atoms with van der Waals surface area (Å²) in [5, 5.41) is 19.7. The summed E-state index contributed by atoms with van der Waals surface area (Å²) in [6.45, 7) is 1.21. The van der Waals surface area contributed by atoms with Gasteiger partial charge in [-0.05, 0) is 38.1 Å². The molecule has 7 heteroatoms. The van der Waals surface area contributed by atoms with Crippen molar-refractivity contribution >= 4 is 23.3 Å². The number of halogens is 1. The van der Waals surface area contributed by atoms with Crippen LogP contribution in [0.4, 0.5) is 5.69 Å². The van der Waals surface area contributed by atoms with Crippen molar-refractivity contribution in [2.45, 2.75) is 25.8 Å². The molecule has 110 valence electrons. The lowest BCUT2D eigenvalue weighted by atomic mass is 10.1. The summed E-state index contributed by atoms with van der Waals surface area (Å²) in [7, 11) is 1.87. The van der Waals surface area contributed by atoms with Crippen LogP contribution in [0, 0.1) is 10.1 Å². The van der Waals surface area contributed by atoms with E-state index in [1.54, 1.807) is 0 Å². The molecule has 0 radical (unpaired) electrons. The zero-order chi connectivity index (χ0) is 15.1. The van der Waals surface area contributed by atoms with Gasteiger partial charge in [-0.25, -0.2) is 0 Å². The average Bonchev–Trinajstić information content (AvgIpc) is 2.37. The second-order valence-electron chi connectivity index (χ2n) is 4.62. The van der Waals surface area contributed by atoms with Crippen LogP contribution in [0.5, 0.6) is 0 Å². The Morgan fingerprint density at radius 2 is 2.15 bits per heavy atom. The molecule has 1 aromatic carbocycles. The summed E-state index contributed by atoms with van der Waals surface area (Å²) < 4.78 is 0. The van der Waals surface area contributed by atoms with E-state index in [4.69, 9.17) is 16.7 Å². The van der Waals surface area contributed by atoms with Gasteiger partial charge in [-0.1, -0.05) is 11.6 Å². The highest BCUT2D eigenvalue weighted by Crippen LogP contribution is 2.23. The first-order chi connectivity index (χ1) is 9.40. The number of nitrogens with zero attached hydrogens (tertiary/aromatic N) is 2. The largest absolute Gasteiger partial charge is 0.481 e. The summed E-state index contributed by atoms with van der Waals surface area (Å²) in [6.07, 6.45) is 1.53. The maximum atomic E-state index is 10.7. The van der Waals surface area contributed by atoms with Crippen LogP contribution in [0.1, 0.15) is 24.8 Å². The number of nitro groups is 1. The molecule has 0 saturated heterocycles. The van der Waals surface area contributed by atoms with Gasteiger partial charge in [0.05, 0.1) is 4.92 Å². The molecular formula is C13H17ClN2O4. The number of hydrogen-bond donors (Lipinski definition) is 1. The van der Waals surface area contributed by atoms with Crippen LogP contribution < -0.4 is 0 Å². The predicted octanol–water partition coefficient (Wildman–Crippen LogP) is 2.93. The zero-order valence-corrected chi connectivity index (χ0v) is 12.0. The van der Waals surface area contributed by atoms with Gasteiger partial charge in [0.25, 0.3) is 5.69 Å². The van der Waals surface area contributed by atoms with Crippen molar-refractivity contribution in [3.8, 4) is 0 Å². The molecule has 0 aliphatic carbocycles. The first-order valence-corrected chi connectivity index (χ1v) is 6.61. The highest BCUT2D eigenvalue weighted by atomic mass is 35.5. The summed E-state index contributed by atoms with van der Waals surface area (Å²) in [4.78, 5) is 22.6. The molecule has 0 heterocycles. The van der Waals surface area contributed by atoms with E-state index in [0.29, 0.717) is 30.1 Å². The van der Waals surface area contributed by atoms with Crippen LogP contribution in [0.15, 0.2) is 18.2 Å². The van der Waals surface area contributed by atoms with E-state index in [0.717, 1.165) is 6.42 Å². The maximum Gasteiger partial charge on any atom is 0.303 e. The first-order valence-electron chi connectivity index (χ1n) is 6.23. The molecule has 20 heavy (non-hydrogen) atoms. The summed E-state index contributed by atoms with van der Waals surface area (Å²) in [5.41, 5.74) is 0.713. The molecule has 0 aromatic heterocycles. The highest BCUT2D eigenvalue weighted by Gasteiger charge is 2.11. The lowest BCUT2D eigenvalue weighted by Gasteiger charge is -2.17. The topological polar surface area (TPSA) is 83.7 Å². The number of carboxylic acids is 1. The monoisotopic (exact) mass is 300 g/mol. The van der Waals surface area contributed by atoms with E-state index in [-0.39, 0.29) is 12.1 Å². The highest BCUT2D eigenvalue weighted by molar-refractivity contribution is 6.31. The van der Waals surface area contributed by atoms with Gasteiger partial charge >= 0.3 is 5.97 Å². The normalized spacial score (nSPS) is 10.8. The van der Waals surface area contributed by atoms with Crippen LogP contribution in [-0.2, 0) is 11.3 Å². The van der Waals surface area contributed by atoms with E-state index in [9.17, 15) is 14.9 Å². The Hall–Kier alpha value is -1.66. The Bertz CT molecular complexity index is 493. The summed E-state index contributed by atoms with van der Waals surface area (Å²) >= 11 is 6.02. The number of carbonyl (C=O) groups is 1. The van der Waals surface area contributed by atoms with Crippen molar-refractivity contribution < 1.29 is 14.8 Å². The van der Waals surface area contributed by atoms with Gasteiger partial charge in [0.2, 0.25) is 0 Å². The third-order valence-corrected chi connectivity index (χ3v) is 3.23. The van der Waals surface area contributed by atoms with Crippen LogP contribution >= 0.6 is 11.6 Å². The number of benzene rings is 1. The standard InChI is InChI=1S/C13H17ClN2O4/c1-15(7-3-2-4-13(17)18)9-10-8-11(16(19)20)5-6-12(10)14/h5-6,8H,2-4,7,9H2,1H3,(H,17,18). The predicted molar refractivity (Wildman–Crippen MR) is 75.9 cm³/mol. The Morgan fingerprint density at radius 1 is 1.45 bits per heavy atom. The summed E-state index contributed by atoms with van der Waals surface area (Å²) in [5.74, 6) is -0.797. The van der Waals surface area contributed by atoms with Gasteiger partial charge in [0.15, 0.2) is 0 Å². The van der Waals surface area contributed by atoms with E-state index >= 15 is 0 Å². The molecule has 0 bridgehead atoms. The quantitative estimate of drug-likeness (QED) is 0.453. The number of hydrogen-bond acceptors (Lipinski definition) is 4. The number of aliphatic carboxylic acids is 1. The van der Waals surface area contributed by atoms with Crippen molar-refractivity contribution in [3.05, 3.63) is 38.9 Å². The molecule has 0 aliphatic rings. The van der Waals surface area contributed by atoms with Gasteiger partial charge in [-0.2, -0.15) is 0 Å². The minimum atomic E-state index is -0.797. The Balaban J connectivity index is 2.52. The third-order valence-electron chi connectivity index (χ3n) is 2.86. The van der Waals surface area contributed by atoms with E-state index in [1.807, 2.05) is 11.9 Å². The van der Waals surface area contributed by atoms with E-state index in [2.05, 4.69) is 0 Å². The Morgan fingerprint density at radius 3 is 2.75 bits per heavy atom. The number of nitro benzene ring substituents is 1. The summed E-state index contributed by atoms with van der Waals surface area (Å²) in [6, 6.07) is 4.36. The molecule has 0 fully saturated rings. The van der Waals surface area contributed by atoms with Gasteiger partial charge in [0.1, 0.15) is 0 Å². The lowest BCUT2D eigenvalue weighted by Crippen LogP contribution is -2.19. The molecule has 1 N–H and O–H groups in total. The second-order valence-corrected chi connectivity index (χ2v) is 5.03. The fraction of sp³-hybridized carbons (Fsp3) is 0.462. The molecule has 0 aliphatic heterocycles. The van der Waals surface area contributed by atoms with Gasteiger partial charge in [0, 0.05) is 30.1 Å². The molecule has 0 atom stereocenters. The van der Waals surface area contributed by atoms with Crippen LogP contribution in [-0.4, -0.2) is 34.5 Å². The average molecular weight is 301 g/mol. The van der Waals surface area contributed by atoms with Gasteiger partial charge in [-0.15, -0.1) is 0 Å². The van der Waals surface area contributed by atoms with Gasteiger partial charge < -0.3 is 10.0 Å². The van der Waals surface area contributed by atoms with Crippen molar-refractivity contribution in [1.82, 2.24) is 4.90 Å². The number of non-ortho nitro benzene ring substituents is 1. The number of unbranched alkanes of at least 4 members (excludes halogenated alkanes) is 1. The molecule has 0 spiro atoms. The second kappa shape index (κ2) is 7.81. The van der Waals surface area contributed by atoms with E-state index < -0.39 is 10.9 Å². The number of rotatable bonds is 8. The Kier molecular flexibility index (Phi) is 6.41. The zero-order valence-electron chi connectivity index (χ0n) is 11.2. The Labute approximate surface area is 122 Å². The molecule has 1 rings (SSSR count). The minimum absolute atomic E-state index is 0.0173. The fourth-order valence-corrected chi connectivity index (χ4v) is 2.00. The maximum absolute atomic E-state index is 10.7.